The number of imidazole rings is 1. The van der Waals surface area contributed by atoms with Gasteiger partial charge in [-0.05, 0) is 25.0 Å². The minimum atomic E-state index is 0.586. The molecule has 1 aromatic carbocycles. The molecule has 4 nitrogen and oxygen atoms in total. The lowest BCUT2D eigenvalue weighted by Gasteiger charge is -2.09. The summed E-state index contributed by atoms with van der Waals surface area (Å²) in [5.74, 6) is 1.63. The van der Waals surface area contributed by atoms with E-state index in [2.05, 4.69) is 16.0 Å². The first kappa shape index (κ1) is 12.2. The van der Waals surface area contributed by atoms with Gasteiger partial charge in [-0.3, -0.25) is 0 Å². The molecule has 0 aliphatic heterocycles. The number of para-hydroxylation sites is 1. The Morgan fingerprint density at radius 1 is 1.28 bits per heavy atom. The number of hydrogen-bond donors (Lipinski definition) is 1. The van der Waals surface area contributed by atoms with Gasteiger partial charge in [0.15, 0.2) is 0 Å². The van der Waals surface area contributed by atoms with Gasteiger partial charge >= 0.3 is 0 Å². The summed E-state index contributed by atoms with van der Waals surface area (Å²) in [5, 5.41) is 8.45. The van der Waals surface area contributed by atoms with E-state index in [-0.39, 0.29) is 0 Å². The van der Waals surface area contributed by atoms with E-state index in [4.69, 9.17) is 10.00 Å². The van der Waals surface area contributed by atoms with Crippen molar-refractivity contribution in [3.8, 4) is 23.2 Å². The molecule has 92 valence electrons. The highest BCUT2D eigenvalue weighted by Gasteiger charge is 2.06. The number of unbranched alkanes of at least 4 members (excludes halogenated alkanes) is 2. The Hall–Kier alpha value is -2.28. The number of nitriles is 1. The molecule has 18 heavy (non-hydrogen) atoms. The van der Waals surface area contributed by atoms with Gasteiger partial charge in [0, 0.05) is 18.8 Å². The fraction of sp³-hybridized carbons (Fsp3) is 0.286. The van der Waals surface area contributed by atoms with Crippen molar-refractivity contribution in [1.29, 1.82) is 5.26 Å². The number of hydrogen-bond acceptors (Lipinski definition) is 3. The summed E-state index contributed by atoms with van der Waals surface area (Å²) in [6.07, 6.45) is 5.86. The molecule has 2 rings (SSSR count). The number of nitrogens with zero attached hydrogens (tertiary/aromatic N) is 2. The topological polar surface area (TPSA) is 61.7 Å². The van der Waals surface area contributed by atoms with E-state index in [1.54, 1.807) is 12.4 Å². The number of H-pyrrole nitrogens is 1. The van der Waals surface area contributed by atoms with Crippen LogP contribution in [-0.2, 0) is 0 Å². The van der Waals surface area contributed by atoms with Crippen molar-refractivity contribution in [2.75, 3.05) is 6.61 Å². The van der Waals surface area contributed by atoms with E-state index in [9.17, 15) is 0 Å². The molecule has 0 radical (unpaired) electrons. The standard InChI is InChI=1S/C14H15N3O/c15-8-4-1-5-11-18-13-7-3-2-6-12(13)14-16-9-10-17-14/h2-3,6-7,9-10H,1,4-5,11H2,(H,16,17). The lowest BCUT2D eigenvalue weighted by atomic mass is 10.2. The van der Waals surface area contributed by atoms with Gasteiger partial charge in [0.2, 0.25) is 0 Å². The summed E-state index contributed by atoms with van der Waals surface area (Å²) < 4.78 is 5.74. The number of rotatable bonds is 6. The summed E-state index contributed by atoms with van der Waals surface area (Å²) in [6.45, 7) is 0.624. The molecule has 0 unspecified atom stereocenters. The molecule has 1 aromatic heterocycles. The molecule has 0 atom stereocenters. The third-order valence-electron chi connectivity index (χ3n) is 2.58. The molecule has 0 bridgehead atoms. The Labute approximate surface area is 106 Å². The van der Waals surface area contributed by atoms with E-state index in [1.165, 1.54) is 0 Å². The largest absolute Gasteiger partial charge is 0.493 e. The van der Waals surface area contributed by atoms with E-state index in [1.807, 2.05) is 24.3 Å². The molecular formula is C14H15N3O. The molecule has 2 aromatic rings. The van der Waals surface area contributed by atoms with Crippen LogP contribution in [0, 0.1) is 11.3 Å². The van der Waals surface area contributed by atoms with Crippen LogP contribution in [0.1, 0.15) is 19.3 Å². The lowest BCUT2D eigenvalue weighted by molar-refractivity contribution is 0.308. The first-order valence-electron chi connectivity index (χ1n) is 6.00. The summed E-state index contributed by atoms with van der Waals surface area (Å²) in [5.41, 5.74) is 0.961. The highest BCUT2D eigenvalue weighted by molar-refractivity contribution is 5.63. The highest BCUT2D eigenvalue weighted by Crippen LogP contribution is 2.26. The van der Waals surface area contributed by atoms with Gasteiger partial charge in [0.25, 0.3) is 0 Å². The Morgan fingerprint density at radius 3 is 2.94 bits per heavy atom. The minimum Gasteiger partial charge on any atom is -0.493 e. The third kappa shape index (κ3) is 3.11. The quantitative estimate of drug-likeness (QED) is 0.790. The maximum absolute atomic E-state index is 8.45. The van der Waals surface area contributed by atoms with Crippen molar-refractivity contribution < 1.29 is 4.74 Å². The van der Waals surface area contributed by atoms with Crippen LogP contribution in [-0.4, -0.2) is 16.6 Å². The fourth-order valence-corrected chi connectivity index (χ4v) is 1.69. The summed E-state index contributed by atoms with van der Waals surface area (Å²) in [7, 11) is 0. The second kappa shape index (κ2) is 6.45. The molecule has 0 fully saturated rings. The Balaban J connectivity index is 1.98. The van der Waals surface area contributed by atoms with E-state index in [0.717, 1.165) is 30.0 Å². The van der Waals surface area contributed by atoms with Crippen molar-refractivity contribution >= 4 is 0 Å². The molecule has 0 aliphatic rings. The maximum atomic E-state index is 8.45. The van der Waals surface area contributed by atoms with Crippen LogP contribution in [0.15, 0.2) is 36.7 Å². The lowest BCUT2D eigenvalue weighted by Crippen LogP contribution is -1.99. The number of aromatic amines is 1. The number of benzene rings is 1. The van der Waals surface area contributed by atoms with Gasteiger partial charge in [-0.1, -0.05) is 12.1 Å². The van der Waals surface area contributed by atoms with E-state index >= 15 is 0 Å². The molecule has 1 heterocycles. The molecule has 0 saturated heterocycles. The van der Waals surface area contributed by atoms with Crippen LogP contribution in [0.4, 0.5) is 0 Å². The van der Waals surface area contributed by atoms with Crippen LogP contribution in [0.5, 0.6) is 5.75 Å². The van der Waals surface area contributed by atoms with Crippen molar-refractivity contribution in [3.05, 3.63) is 36.7 Å². The van der Waals surface area contributed by atoms with Crippen molar-refractivity contribution in [2.45, 2.75) is 19.3 Å². The maximum Gasteiger partial charge on any atom is 0.141 e. The Morgan fingerprint density at radius 2 is 2.17 bits per heavy atom. The van der Waals surface area contributed by atoms with Crippen LogP contribution < -0.4 is 4.74 Å². The van der Waals surface area contributed by atoms with Crippen LogP contribution in [0.2, 0.25) is 0 Å². The number of nitrogens with one attached hydrogen (secondary N) is 1. The van der Waals surface area contributed by atoms with Crippen LogP contribution >= 0.6 is 0 Å². The number of ether oxygens (including phenoxy) is 1. The summed E-state index contributed by atoms with van der Waals surface area (Å²) >= 11 is 0. The number of aromatic nitrogens is 2. The zero-order valence-electron chi connectivity index (χ0n) is 10.1. The second-order valence-corrected chi connectivity index (χ2v) is 3.90. The Bertz CT molecular complexity index is 514. The highest BCUT2D eigenvalue weighted by atomic mass is 16.5. The van der Waals surface area contributed by atoms with Crippen LogP contribution in [0.25, 0.3) is 11.4 Å². The van der Waals surface area contributed by atoms with E-state index in [0.29, 0.717) is 13.0 Å². The normalized spacial score (nSPS) is 9.94. The third-order valence-corrected chi connectivity index (χ3v) is 2.58. The monoisotopic (exact) mass is 241 g/mol. The van der Waals surface area contributed by atoms with Gasteiger partial charge in [-0.15, -0.1) is 0 Å². The van der Waals surface area contributed by atoms with E-state index < -0.39 is 0 Å². The summed E-state index contributed by atoms with van der Waals surface area (Å²) in [4.78, 5) is 7.30. The Kier molecular flexibility index (Phi) is 4.37. The van der Waals surface area contributed by atoms with Gasteiger partial charge in [0.1, 0.15) is 11.6 Å². The average Bonchev–Trinajstić information content (AvgIpc) is 2.93. The predicted octanol–water partition coefficient (Wildman–Crippen LogP) is 3.15. The molecule has 1 N–H and O–H groups in total. The zero-order chi connectivity index (χ0) is 12.6. The SMILES string of the molecule is N#CCCCCOc1ccccc1-c1ncc[nH]1. The molecule has 0 aliphatic carbocycles. The molecule has 0 saturated carbocycles. The summed E-state index contributed by atoms with van der Waals surface area (Å²) in [6, 6.07) is 9.94. The minimum absolute atomic E-state index is 0.586. The molecule has 0 amide bonds. The van der Waals surface area contributed by atoms with Gasteiger partial charge < -0.3 is 9.72 Å². The molecule has 4 heteroatoms. The second-order valence-electron chi connectivity index (χ2n) is 3.90. The zero-order valence-corrected chi connectivity index (χ0v) is 10.1. The van der Waals surface area contributed by atoms with Gasteiger partial charge in [-0.25, -0.2) is 4.98 Å². The smallest absolute Gasteiger partial charge is 0.141 e. The first-order valence-corrected chi connectivity index (χ1v) is 6.00. The average molecular weight is 241 g/mol. The molecule has 0 spiro atoms. The van der Waals surface area contributed by atoms with Gasteiger partial charge in [0.05, 0.1) is 18.2 Å². The van der Waals surface area contributed by atoms with Crippen molar-refractivity contribution in [1.82, 2.24) is 9.97 Å². The molecular weight excluding hydrogens is 226 g/mol. The van der Waals surface area contributed by atoms with Crippen molar-refractivity contribution in [3.63, 3.8) is 0 Å². The fourth-order valence-electron chi connectivity index (χ4n) is 1.69. The first-order chi connectivity index (χ1) is 8.92. The van der Waals surface area contributed by atoms with Gasteiger partial charge in [-0.2, -0.15) is 5.26 Å². The van der Waals surface area contributed by atoms with Crippen molar-refractivity contribution in [2.24, 2.45) is 0 Å². The predicted molar refractivity (Wildman–Crippen MR) is 69.0 cm³/mol. The van der Waals surface area contributed by atoms with Crippen LogP contribution in [0.3, 0.4) is 0 Å².